The normalized spacial score (nSPS) is 17.6. The quantitative estimate of drug-likeness (QED) is 0.689. The Bertz CT molecular complexity index is 1070. The molecule has 152 valence electrons. The maximum Gasteiger partial charge on any atom is 0.325 e. The number of ether oxygens (including phenoxy) is 1. The fourth-order valence-electron chi connectivity index (χ4n) is 3.85. The van der Waals surface area contributed by atoms with E-state index in [4.69, 9.17) is 4.74 Å². The van der Waals surface area contributed by atoms with Crippen molar-refractivity contribution in [2.24, 2.45) is 0 Å². The van der Waals surface area contributed by atoms with E-state index in [0.717, 1.165) is 30.9 Å². The molecular weight excluding hydrogens is 370 g/mol. The van der Waals surface area contributed by atoms with Crippen molar-refractivity contribution in [3.05, 3.63) is 58.1 Å². The van der Waals surface area contributed by atoms with Crippen molar-refractivity contribution in [1.82, 2.24) is 24.8 Å². The second kappa shape index (κ2) is 8.08. The van der Waals surface area contributed by atoms with Gasteiger partial charge in [0.15, 0.2) is 5.65 Å². The van der Waals surface area contributed by atoms with Crippen molar-refractivity contribution in [1.29, 1.82) is 0 Å². The average molecular weight is 395 g/mol. The molecule has 0 radical (unpaired) electrons. The van der Waals surface area contributed by atoms with Gasteiger partial charge in [-0.2, -0.15) is 0 Å². The van der Waals surface area contributed by atoms with Gasteiger partial charge in [-0.15, -0.1) is 0 Å². The molecule has 1 atom stereocenters. The molecular formula is C21H25N5O3. The number of amides is 1. The van der Waals surface area contributed by atoms with Gasteiger partial charge in [-0.1, -0.05) is 18.2 Å². The molecule has 4 rings (SSSR count). The summed E-state index contributed by atoms with van der Waals surface area (Å²) in [6.45, 7) is 7.68. The third-order valence-electron chi connectivity index (χ3n) is 5.25. The lowest BCUT2D eigenvalue weighted by Crippen LogP contribution is -2.53. The molecule has 2 aromatic heterocycles. The number of benzene rings is 1. The fraction of sp³-hybridized carbons (Fsp3) is 0.381. The first-order valence-electron chi connectivity index (χ1n) is 9.87. The highest BCUT2D eigenvalue weighted by Crippen LogP contribution is 2.22. The van der Waals surface area contributed by atoms with E-state index in [2.05, 4.69) is 32.8 Å². The Morgan fingerprint density at radius 1 is 1.28 bits per heavy atom. The number of fused-ring (bicyclic) bond motifs is 1. The fourth-order valence-corrected chi connectivity index (χ4v) is 3.85. The van der Waals surface area contributed by atoms with E-state index >= 15 is 0 Å². The molecule has 1 saturated heterocycles. The molecule has 3 heterocycles. The zero-order chi connectivity index (χ0) is 20.4. The van der Waals surface area contributed by atoms with Crippen LogP contribution in [-0.2, 0) is 6.54 Å². The van der Waals surface area contributed by atoms with Crippen LogP contribution in [0.2, 0.25) is 0 Å². The standard InChI is InChI=1S/C21H25N5O3/c1-3-29-18-7-5-4-6-15(18)13-25-8-9-26(14(2)12-25)20(27)16-10-17-19(22-11-16)24-21(28)23-17/h4-7,10-11,14H,3,8-9,12-13H2,1-2H3,(H2,22,23,24,28)/t14-/m0/s1. The summed E-state index contributed by atoms with van der Waals surface area (Å²) in [7, 11) is 0. The number of H-pyrrole nitrogens is 2. The number of imidazole rings is 1. The summed E-state index contributed by atoms with van der Waals surface area (Å²) in [5.74, 6) is 0.851. The van der Waals surface area contributed by atoms with Crippen LogP contribution in [0.25, 0.3) is 11.2 Å². The Morgan fingerprint density at radius 2 is 2.10 bits per heavy atom. The Morgan fingerprint density at radius 3 is 2.90 bits per heavy atom. The van der Waals surface area contributed by atoms with E-state index in [0.29, 0.717) is 29.9 Å². The van der Waals surface area contributed by atoms with E-state index in [1.165, 1.54) is 6.20 Å². The van der Waals surface area contributed by atoms with Gasteiger partial charge in [-0.25, -0.2) is 9.78 Å². The van der Waals surface area contributed by atoms with E-state index in [1.54, 1.807) is 6.07 Å². The number of hydrogen-bond acceptors (Lipinski definition) is 5. The van der Waals surface area contributed by atoms with Crippen LogP contribution in [0.4, 0.5) is 0 Å². The van der Waals surface area contributed by atoms with E-state index < -0.39 is 0 Å². The molecule has 2 N–H and O–H groups in total. The van der Waals surface area contributed by atoms with Gasteiger partial charge in [0, 0.05) is 44.0 Å². The minimum Gasteiger partial charge on any atom is -0.494 e. The second-order valence-electron chi connectivity index (χ2n) is 7.32. The molecule has 3 aromatic rings. The van der Waals surface area contributed by atoms with Crippen LogP contribution in [0.1, 0.15) is 29.8 Å². The Kier molecular flexibility index (Phi) is 5.35. The first-order chi connectivity index (χ1) is 14.0. The summed E-state index contributed by atoms with van der Waals surface area (Å²) >= 11 is 0. The Labute approximate surface area is 168 Å². The lowest BCUT2D eigenvalue weighted by atomic mass is 10.1. The van der Waals surface area contributed by atoms with Crippen LogP contribution in [0, 0.1) is 0 Å². The van der Waals surface area contributed by atoms with Gasteiger partial charge >= 0.3 is 5.69 Å². The Balaban J connectivity index is 1.44. The molecule has 0 spiro atoms. The number of piperazine rings is 1. The molecule has 29 heavy (non-hydrogen) atoms. The SMILES string of the molecule is CCOc1ccccc1CN1CCN(C(=O)c2cnc3[nH]c(=O)[nH]c3c2)[C@@H](C)C1. The monoisotopic (exact) mass is 395 g/mol. The van der Waals surface area contributed by atoms with Crippen molar-refractivity contribution in [2.45, 2.75) is 26.4 Å². The van der Waals surface area contributed by atoms with Crippen molar-refractivity contribution in [3.63, 3.8) is 0 Å². The number of para-hydroxylation sites is 1. The molecule has 0 bridgehead atoms. The van der Waals surface area contributed by atoms with Gasteiger partial charge in [-0.3, -0.25) is 14.7 Å². The van der Waals surface area contributed by atoms with Crippen LogP contribution in [0.15, 0.2) is 41.3 Å². The largest absolute Gasteiger partial charge is 0.494 e. The summed E-state index contributed by atoms with van der Waals surface area (Å²) in [5, 5.41) is 0. The number of nitrogens with one attached hydrogen (secondary N) is 2. The number of carbonyl (C=O) groups excluding carboxylic acids is 1. The average Bonchev–Trinajstić information content (AvgIpc) is 3.08. The summed E-state index contributed by atoms with van der Waals surface area (Å²) in [6, 6.07) is 9.84. The second-order valence-corrected chi connectivity index (χ2v) is 7.32. The number of carbonyl (C=O) groups is 1. The molecule has 1 fully saturated rings. The minimum atomic E-state index is -0.327. The molecule has 1 aromatic carbocycles. The van der Waals surface area contributed by atoms with Crippen LogP contribution >= 0.6 is 0 Å². The maximum atomic E-state index is 13.0. The third-order valence-corrected chi connectivity index (χ3v) is 5.25. The zero-order valence-electron chi connectivity index (χ0n) is 16.6. The molecule has 0 saturated carbocycles. The predicted octanol–water partition coefficient (Wildman–Crippen LogP) is 2.00. The van der Waals surface area contributed by atoms with Crippen LogP contribution < -0.4 is 10.4 Å². The zero-order valence-corrected chi connectivity index (χ0v) is 16.6. The van der Waals surface area contributed by atoms with Gasteiger partial charge in [-0.05, 0) is 26.0 Å². The highest BCUT2D eigenvalue weighted by Gasteiger charge is 2.29. The summed E-state index contributed by atoms with van der Waals surface area (Å²) in [6.07, 6.45) is 1.52. The van der Waals surface area contributed by atoms with Crippen molar-refractivity contribution >= 4 is 17.1 Å². The number of pyridine rings is 1. The van der Waals surface area contributed by atoms with Gasteiger partial charge < -0.3 is 14.6 Å². The predicted molar refractivity (Wildman–Crippen MR) is 110 cm³/mol. The lowest BCUT2D eigenvalue weighted by Gasteiger charge is -2.40. The molecule has 1 aliphatic rings. The first-order valence-corrected chi connectivity index (χ1v) is 9.87. The van der Waals surface area contributed by atoms with Crippen molar-refractivity contribution in [2.75, 3.05) is 26.2 Å². The number of aromatic nitrogens is 3. The lowest BCUT2D eigenvalue weighted by molar-refractivity contribution is 0.0473. The third kappa shape index (κ3) is 4.02. The molecule has 1 aliphatic heterocycles. The Hall–Kier alpha value is -3.13. The topological polar surface area (TPSA) is 94.3 Å². The molecule has 8 nitrogen and oxygen atoms in total. The minimum absolute atomic E-state index is 0.0662. The van der Waals surface area contributed by atoms with E-state index in [1.807, 2.05) is 30.0 Å². The van der Waals surface area contributed by atoms with Gasteiger partial charge in [0.1, 0.15) is 5.75 Å². The number of hydrogen-bond donors (Lipinski definition) is 2. The number of rotatable bonds is 5. The summed E-state index contributed by atoms with van der Waals surface area (Å²) in [5.41, 5.74) is 2.31. The van der Waals surface area contributed by atoms with E-state index in [-0.39, 0.29) is 17.6 Å². The van der Waals surface area contributed by atoms with Gasteiger partial charge in [0.25, 0.3) is 5.91 Å². The highest BCUT2D eigenvalue weighted by atomic mass is 16.5. The maximum absolute atomic E-state index is 13.0. The molecule has 8 heteroatoms. The molecule has 1 amide bonds. The smallest absolute Gasteiger partial charge is 0.325 e. The summed E-state index contributed by atoms with van der Waals surface area (Å²) in [4.78, 5) is 38.1. The van der Waals surface area contributed by atoms with Crippen LogP contribution in [0.5, 0.6) is 5.75 Å². The van der Waals surface area contributed by atoms with Crippen LogP contribution in [0.3, 0.4) is 0 Å². The summed E-state index contributed by atoms with van der Waals surface area (Å²) < 4.78 is 5.73. The number of aromatic amines is 2. The van der Waals surface area contributed by atoms with Crippen molar-refractivity contribution < 1.29 is 9.53 Å². The van der Waals surface area contributed by atoms with E-state index in [9.17, 15) is 9.59 Å². The molecule has 0 unspecified atom stereocenters. The highest BCUT2D eigenvalue weighted by molar-refractivity contribution is 5.96. The van der Waals surface area contributed by atoms with Gasteiger partial charge in [0.05, 0.1) is 17.7 Å². The van der Waals surface area contributed by atoms with Gasteiger partial charge in [0.2, 0.25) is 0 Å². The first kappa shape index (κ1) is 19.2. The van der Waals surface area contributed by atoms with Crippen LogP contribution in [-0.4, -0.2) is 62.9 Å². The molecule has 0 aliphatic carbocycles. The van der Waals surface area contributed by atoms with Crippen molar-refractivity contribution in [3.8, 4) is 5.75 Å². The number of nitrogens with zero attached hydrogens (tertiary/aromatic N) is 3.